The van der Waals surface area contributed by atoms with Gasteiger partial charge in [0.2, 0.25) is 0 Å². The third-order valence-electron chi connectivity index (χ3n) is 3.02. The van der Waals surface area contributed by atoms with E-state index in [1.165, 1.54) is 24.3 Å². The molecule has 110 valence electrons. The largest absolute Gasteiger partial charge is 0.432 e. The quantitative estimate of drug-likeness (QED) is 0.864. The van der Waals surface area contributed by atoms with E-state index in [2.05, 4.69) is 5.43 Å². The molecule has 0 bridgehead atoms. The molecule has 0 radical (unpaired) electrons. The van der Waals surface area contributed by atoms with Gasteiger partial charge in [-0.2, -0.15) is 5.01 Å². The molecule has 0 saturated heterocycles. The van der Waals surface area contributed by atoms with Crippen molar-refractivity contribution in [3.63, 3.8) is 0 Å². The van der Waals surface area contributed by atoms with Crippen LogP contribution < -0.4 is 10.2 Å². The number of imide groups is 1. The summed E-state index contributed by atoms with van der Waals surface area (Å²) in [6, 6.07) is 12.4. The van der Waals surface area contributed by atoms with Crippen molar-refractivity contribution in [2.24, 2.45) is 0 Å². The Morgan fingerprint density at radius 3 is 2.05 bits per heavy atom. The molecule has 1 heterocycles. The first-order chi connectivity index (χ1) is 10.6. The van der Waals surface area contributed by atoms with Gasteiger partial charge in [0.05, 0.1) is 11.1 Å². The average Bonchev–Trinajstić information content (AvgIpc) is 2.75. The van der Waals surface area contributed by atoms with E-state index in [1.807, 2.05) is 0 Å². The maximum atomic E-state index is 12.1. The van der Waals surface area contributed by atoms with Crippen molar-refractivity contribution in [2.75, 3.05) is 0 Å². The second kappa shape index (κ2) is 5.50. The van der Waals surface area contributed by atoms with Crippen molar-refractivity contribution in [3.8, 4) is 5.75 Å². The fourth-order valence-electron chi connectivity index (χ4n) is 2.01. The van der Waals surface area contributed by atoms with Crippen LogP contribution in [-0.2, 0) is 0 Å². The van der Waals surface area contributed by atoms with Crippen molar-refractivity contribution in [2.45, 2.75) is 0 Å². The fraction of sp³-hybridized carbons (Fsp3) is 0. The number of ether oxygens (including phenoxy) is 1. The molecule has 3 rings (SSSR count). The van der Waals surface area contributed by atoms with E-state index >= 15 is 0 Å². The highest BCUT2D eigenvalue weighted by atomic mass is 35.5. The number of benzene rings is 2. The van der Waals surface area contributed by atoms with E-state index in [9.17, 15) is 14.4 Å². The van der Waals surface area contributed by atoms with Crippen LogP contribution in [0.25, 0.3) is 0 Å². The number of nitrogens with zero attached hydrogens (tertiary/aromatic N) is 1. The van der Waals surface area contributed by atoms with Crippen molar-refractivity contribution >= 4 is 29.5 Å². The zero-order valence-corrected chi connectivity index (χ0v) is 11.8. The molecule has 0 atom stereocenters. The minimum absolute atomic E-state index is 0.235. The van der Waals surface area contributed by atoms with Crippen LogP contribution >= 0.6 is 11.6 Å². The Balaban J connectivity index is 1.71. The molecule has 7 heteroatoms. The summed E-state index contributed by atoms with van der Waals surface area (Å²) in [5.41, 5.74) is 2.60. The number of carbonyl (C=O) groups is 3. The lowest BCUT2D eigenvalue weighted by Gasteiger charge is -2.14. The molecule has 1 aliphatic heterocycles. The Kier molecular flexibility index (Phi) is 3.52. The molecule has 0 saturated carbocycles. The van der Waals surface area contributed by atoms with Gasteiger partial charge in [0.1, 0.15) is 5.75 Å². The van der Waals surface area contributed by atoms with Crippen LogP contribution in [0.5, 0.6) is 5.75 Å². The second-order valence-electron chi connectivity index (χ2n) is 4.45. The van der Waals surface area contributed by atoms with Gasteiger partial charge in [-0.15, -0.1) is 0 Å². The summed E-state index contributed by atoms with van der Waals surface area (Å²) in [5, 5.41) is 1.12. The third kappa shape index (κ3) is 2.51. The number of halogens is 1. The molecule has 6 nitrogen and oxygen atoms in total. The molecular formula is C15H9ClN2O4. The highest BCUT2D eigenvalue weighted by Crippen LogP contribution is 2.21. The number of carbonyl (C=O) groups excluding carboxylic acids is 3. The van der Waals surface area contributed by atoms with Crippen LogP contribution in [0.4, 0.5) is 4.79 Å². The van der Waals surface area contributed by atoms with E-state index in [-0.39, 0.29) is 16.9 Å². The molecule has 0 spiro atoms. The van der Waals surface area contributed by atoms with Crippen molar-refractivity contribution in [1.82, 2.24) is 10.4 Å². The van der Waals surface area contributed by atoms with Crippen molar-refractivity contribution in [3.05, 3.63) is 64.7 Å². The topological polar surface area (TPSA) is 75.7 Å². The van der Waals surface area contributed by atoms with E-state index in [0.717, 1.165) is 0 Å². The summed E-state index contributed by atoms with van der Waals surface area (Å²) in [4.78, 5) is 35.9. The highest BCUT2D eigenvalue weighted by molar-refractivity contribution is 6.30. The maximum Gasteiger partial charge on any atom is 0.432 e. The van der Waals surface area contributed by atoms with Crippen LogP contribution in [0, 0.1) is 0 Å². The number of rotatable bonds is 2. The van der Waals surface area contributed by atoms with Gasteiger partial charge in [0, 0.05) is 5.02 Å². The lowest BCUT2D eigenvalue weighted by molar-refractivity contribution is 0.0565. The number of hydrazine groups is 1. The van der Waals surface area contributed by atoms with Crippen LogP contribution in [0.3, 0.4) is 0 Å². The summed E-state index contributed by atoms with van der Waals surface area (Å²) in [7, 11) is 0. The first-order valence-corrected chi connectivity index (χ1v) is 6.66. The summed E-state index contributed by atoms with van der Waals surface area (Å²) in [5.74, 6) is -0.971. The number of amides is 3. The summed E-state index contributed by atoms with van der Waals surface area (Å²) in [6.07, 6.45) is -0.947. The Labute approximate surface area is 130 Å². The Morgan fingerprint density at radius 1 is 0.955 bits per heavy atom. The van der Waals surface area contributed by atoms with Gasteiger partial charge >= 0.3 is 6.09 Å². The fourth-order valence-corrected chi connectivity index (χ4v) is 2.14. The van der Waals surface area contributed by atoms with Gasteiger partial charge in [0.25, 0.3) is 11.8 Å². The van der Waals surface area contributed by atoms with Gasteiger partial charge in [-0.3, -0.25) is 9.59 Å². The Hall–Kier alpha value is -2.86. The van der Waals surface area contributed by atoms with E-state index in [1.54, 1.807) is 24.3 Å². The number of hydrogen-bond donors (Lipinski definition) is 1. The molecule has 1 aliphatic rings. The molecule has 2 aromatic carbocycles. The van der Waals surface area contributed by atoms with Crippen molar-refractivity contribution < 1.29 is 19.1 Å². The molecule has 2 aromatic rings. The molecule has 0 unspecified atom stereocenters. The summed E-state index contributed by atoms with van der Waals surface area (Å²) >= 11 is 5.72. The van der Waals surface area contributed by atoms with Gasteiger partial charge in [-0.05, 0) is 36.4 Å². The monoisotopic (exact) mass is 316 g/mol. The van der Waals surface area contributed by atoms with Crippen molar-refractivity contribution in [1.29, 1.82) is 0 Å². The zero-order valence-electron chi connectivity index (χ0n) is 11.1. The van der Waals surface area contributed by atoms with E-state index in [0.29, 0.717) is 10.0 Å². The predicted molar refractivity (Wildman–Crippen MR) is 77.6 cm³/mol. The Morgan fingerprint density at radius 2 is 1.50 bits per heavy atom. The smallest absolute Gasteiger partial charge is 0.409 e. The third-order valence-corrected chi connectivity index (χ3v) is 3.27. The van der Waals surface area contributed by atoms with E-state index in [4.69, 9.17) is 16.3 Å². The van der Waals surface area contributed by atoms with Crippen LogP contribution in [-0.4, -0.2) is 22.9 Å². The van der Waals surface area contributed by atoms with Crippen LogP contribution in [0.15, 0.2) is 48.5 Å². The Bertz CT molecular complexity index is 738. The second-order valence-corrected chi connectivity index (χ2v) is 4.88. The average molecular weight is 317 g/mol. The number of fused-ring (bicyclic) bond motifs is 1. The maximum absolute atomic E-state index is 12.1. The van der Waals surface area contributed by atoms with Crippen LogP contribution in [0.1, 0.15) is 20.7 Å². The minimum atomic E-state index is -0.947. The lowest BCUT2D eigenvalue weighted by atomic mass is 10.1. The molecule has 0 aromatic heterocycles. The number of nitrogens with one attached hydrogen (secondary N) is 1. The summed E-state index contributed by atoms with van der Waals surface area (Å²) < 4.78 is 4.97. The molecule has 22 heavy (non-hydrogen) atoms. The molecule has 0 fully saturated rings. The van der Waals surface area contributed by atoms with Gasteiger partial charge < -0.3 is 4.74 Å². The first kappa shape index (κ1) is 14.1. The highest BCUT2D eigenvalue weighted by Gasteiger charge is 2.36. The number of hydrogen-bond acceptors (Lipinski definition) is 4. The zero-order chi connectivity index (χ0) is 15.7. The van der Waals surface area contributed by atoms with Gasteiger partial charge in [-0.25, -0.2) is 10.2 Å². The molecular weight excluding hydrogens is 308 g/mol. The summed E-state index contributed by atoms with van der Waals surface area (Å²) in [6.45, 7) is 0. The van der Waals surface area contributed by atoms with Gasteiger partial charge in [-0.1, -0.05) is 23.7 Å². The molecule has 3 amide bonds. The van der Waals surface area contributed by atoms with Crippen LogP contribution in [0.2, 0.25) is 5.02 Å². The van der Waals surface area contributed by atoms with Gasteiger partial charge in [0.15, 0.2) is 0 Å². The first-order valence-electron chi connectivity index (χ1n) is 6.28. The van der Waals surface area contributed by atoms with E-state index < -0.39 is 17.9 Å². The predicted octanol–water partition coefficient (Wildman–Crippen LogP) is 2.64. The standard InChI is InChI=1S/C15H9ClN2O4/c16-9-5-7-10(8-6-9)22-15(21)17-18-13(19)11-3-1-2-4-12(11)14(18)20/h1-8H,(H,17,21). The lowest BCUT2D eigenvalue weighted by Crippen LogP contribution is -2.47. The molecule has 1 N–H and O–H groups in total. The minimum Gasteiger partial charge on any atom is -0.409 e. The molecule has 0 aliphatic carbocycles. The normalized spacial score (nSPS) is 13.0. The SMILES string of the molecule is O=C(NN1C(=O)c2ccccc2C1=O)Oc1ccc(Cl)cc1.